The van der Waals surface area contributed by atoms with Crippen LogP contribution >= 0.6 is 0 Å². The Balaban J connectivity index is 1.32. The molecular weight excluding hydrogens is 424 g/mol. The monoisotopic (exact) mass is 452 g/mol. The SMILES string of the molecule is O=C(O)CONC(=O)CC1CCCCC1NC(=O)OCC1c2ccccc2-c2ccccc21. The van der Waals surface area contributed by atoms with E-state index in [-0.39, 0.29) is 30.9 Å². The summed E-state index contributed by atoms with van der Waals surface area (Å²) in [6, 6.07) is 16.2. The maximum absolute atomic E-state index is 12.6. The number of carbonyl (C=O) groups is 3. The molecule has 2 aromatic rings. The van der Waals surface area contributed by atoms with Crippen molar-refractivity contribution in [3.63, 3.8) is 0 Å². The van der Waals surface area contributed by atoms with Crippen molar-refractivity contribution in [3.05, 3.63) is 59.7 Å². The Morgan fingerprint density at radius 3 is 2.24 bits per heavy atom. The molecule has 2 aliphatic carbocycles. The van der Waals surface area contributed by atoms with Crippen molar-refractivity contribution in [1.82, 2.24) is 10.8 Å². The summed E-state index contributed by atoms with van der Waals surface area (Å²) in [5, 5.41) is 11.5. The Morgan fingerprint density at radius 2 is 1.58 bits per heavy atom. The first-order valence-corrected chi connectivity index (χ1v) is 11.3. The molecule has 2 amide bonds. The van der Waals surface area contributed by atoms with Gasteiger partial charge in [0.15, 0.2) is 6.61 Å². The van der Waals surface area contributed by atoms with E-state index >= 15 is 0 Å². The first kappa shape index (κ1) is 22.8. The molecule has 1 fully saturated rings. The van der Waals surface area contributed by atoms with Crippen LogP contribution in [0.15, 0.2) is 48.5 Å². The predicted molar refractivity (Wildman–Crippen MR) is 120 cm³/mol. The summed E-state index contributed by atoms with van der Waals surface area (Å²) in [4.78, 5) is 39.9. The predicted octanol–water partition coefficient (Wildman–Crippen LogP) is 3.61. The van der Waals surface area contributed by atoms with E-state index in [9.17, 15) is 14.4 Å². The number of nitrogens with one attached hydrogen (secondary N) is 2. The normalized spacial score (nSPS) is 19.3. The van der Waals surface area contributed by atoms with Gasteiger partial charge in [-0.3, -0.25) is 9.63 Å². The number of fused-ring (bicyclic) bond motifs is 3. The molecule has 8 nitrogen and oxygen atoms in total. The van der Waals surface area contributed by atoms with Gasteiger partial charge in [-0.05, 0) is 41.0 Å². The molecule has 174 valence electrons. The fraction of sp³-hybridized carbons (Fsp3) is 0.400. The molecule has 8 heteroatoms. The van der Waals surface area contributed by atoms with Gasteiger partial charge >= 0.3 is 12.1 Å². The third-order valence-electron chi connectivity index (χ3n) is 6.39. The second-order valence-electron chi connectivity index (χ2n) is 8.53. The number of aliphatic carboxylic acids is 1. The van der Waals surface area contributed by atoms with Crippen molar-refractivity contribution < 1.29 is 29.1 Å². The van der Waals surface area contributed by atoms with Gasteiger partial charge in [0.1, 0.15) is 6.61 Å². The quantitative estimate of drug-likeness (QED) is 0.528. The number of alkyl carbamates (subject to hydrolysis) is 1. The Bertz CT molecular complexity index is 978. The smallest absolute Gasteiger partial charge is 0.407 e. The number of rotatable bonds is 8. The summed E-state index contributed by atoms with van der Waals surface area (Å²) in [7, 11) is 0. The minimum Gasteiger partial charge on any atom is -0.479 e. The highest BCUT2D eigenvalue weighted by molar-refractivity contribution is 5.79. The van der Waals surface area contributed by atoms with E-state index in [0.717, 1.165) is 36.8 Å². The molecule has 0 bridgehead atoms. The third kappa shape index (κ3) is 5.51. The Morgan fingerprint density at radius 1 is 0.939 bits per heavy atom. The van der Waals surface area contributed by atoms with Crippen molar-refractivity contribution >= 4 is 18.0 Å². The summed E-state index contributed by atoms with van der Waals surface area (Å²) in [5.74, 6) is -1.64. The van der Waals surface area contributed by atoms with Gasteiger partial charge in [0, 0.05) is 18.4 Å². The van der Waals surface area contributed by atoms with Crippen molar-refractivity contribution in [2.75, 3.05) is 13.2 Å². The number of hydroxylamine groups is 1. The van der Waals surface area contributed by atoms with Crippen LogP contribution in [0.1, 0.15) is 49.1 Å². The number of amides is 2. The highest BCUT2D eigenvalue weighted by atomic mass is 16.7. The molecule has 0 saturated heterocycles. The van der Waals surface area contributed by atoms with Crippen LogP contribution in [-0.2, 0) is 19.2 Å². The number of carboxylic acid groups (broad SMARTS) is 1. The van der Waals surface area contributed by atoms with E-state index < -0.39 is 24.6 Å². The maximum Gasteiger partial charge on any atom is 0.407 e. The molecular formula is C25H28N2O6. The molecule has 2 aromatic carbocycles. The second kappa shape index (κ2) is 10.5. The molecule has 2 aliphatic rings. The number of carboxylic acids is 1. The number of hydrogen-bond donors (Lipinski definition) is 3. The van der Waals surface area contributed by atoms with Gasteiger partial charge in [0.25, 0.3) is 0 Å². The van der Waals surface area contributed by atoms with Crippen molar-refractivity contribution in [1.29, 1.82) is 0 Å². The van der Waals surface area contributed by atoms with E-state index in [1.165, 1.54) is 11.1 Å². The summed E-state index contributed by atoms with van der Waals surface area (Å²) < 4.78 is 5.65. The lowest BCUT2D eigenvalue weighted by Gasteiger charge is -2.31. The zero-order chi connectivity index (χ0) is 23.2. The topological polar surface area (TPSA) is 114 Å². The summed E-state index contributed by atoms with van der Waals surface area (Å²) in [5.41, 5.74) is 6.80. The van der Waals surface area contributed by atoms with Gasteiger partial charge in [0.05, 0.1) is 0 Å². The Kier molecular flexibility index (Phi) is 7.24. The third-order valence-corrected chi connectivity index (χ3v) is 6.39. The zero-order valence-corrected chi connectivity index (χ0v) is 18.3. The largest absolute Gasteiger partial charge is 0.479 e. The van der Waals surface area contributed by atoms with Crippen LogP contribution in [0, 0.1) is 5.92 Å². The number of ether oxygens (including phenoxy) is 1. The Labute approximate surface area is 192 Å². The van der Waals surface area contributed by atoms with Crippen molar-refractivity contribution in [2.45, 2.75) is 44.1 Å². The lowest BCUT2D eigenvalue weighted by molar-refractivity contribution is -0.149. The van der Waals surface area contributed by atoms with E-state index in [0.29, 0.717) is 0 Å². The highest BCUT2D eigenvalue weighted by Gasteiger charge is 2.31. The molecule has 3 N–H and O–H groups in total. The molecule has 2 unspecified atom stereocenters. The maximum atomic E-state index is 12.6. The molecule has 0 aliphatic heterocycles. The first-order valence-electron chi connectivity index (χ1n) is 11.3. The molecule has 0 aromatic heterocycles. The standard InChI is InChI=1S/C25H28N2O6/c28-23(27-33-15-24(29)30)13-16-7-1-6-12-22(16)26-25(31)32-14-21-19-10-4-2-8-17(19)18-9-3-5-11-20(18)21/h2-5,8-11,16,21-22H,1,6-7,12-15H2,(H,26,31)(H,27,28)(H,29,30). The number of carbonyl (C=O) groups excluding carboxylic acids is 2. The average Bonchev–Trinajstić information content (AvgIpc) is 3.12. The fourth-order valence-electron chi connectivity index (χ4n) is 4.89. The minimum atomic E-state index is -1.16. The van der Waals surface area contributed by atoms with Gasteiger partial charge in [0.2, 0.25) is 5.91 Å². The van der Waals surface area contributed by atoms with Crippen LogP contribution in [0.25, 0.3) is 11.1 Å². The van der Waals surface area contributed by atoms with Crippen LogP contribution in [-0.4, -0.2) is 42.3 Å². The van der Waals surface area contributed by atoms with Crippen LogP contribution in [0.4, 0.5) is 4.79 Å². The van der Waals surface area contributed by atoms with Crippen LogP contribution in [0.5, 0.6) is 0 Å². The molecule has 0 radical (unpaired) electrons. The molecule has 4 rings (SSSR count). The van der Waals surface area contributed by atoms with Gasteiger partial charge in [-0.25, -0.2) is 15.1 Å². The van der Waals surface area contributed by atoms with Crippen LogP contribution in [0.3, 0.4) is 0 Å². The van der Waals surface area contributed by atoms with E-state index in [1.54, 1.807) is 0 Å². The van der Waals surface area contributed by atoms with Crippen molar-refractivity contribution in [3.8, 4) is 11.1 Å². The van der Waals surface area contributed by atoms with E-state index in [1.807, 2.05) is 24.3 Å². The lowest BCUT2D eigenvalue weighted by atomic mass is 9.82. The van der Waals surface area contributed by atoms with Crippen LogP contribution in [0.2, 0.25) is 0 Å². The highest BCUT2D eigenvalue weighted by Crippen LogP contribution is 2.44. The second-order valence-corrected chi connectivity index (χ2v) is 8.53. The molecule has 0 heterocycles. The number of benzene rings is 2. The number of hydrogen-bond acceptors (Lipinski definition) is 5. The van der Waals surface area contributed by atoms with E-state index in [4.69, 9.17) is 9.84 Å². The molecule has 2 atom stereocenters. The summed E-state index contributed by atoms with van der Waals surface area (Å²) >= 11 is 0. The molecule has 1 saturated carbocycles. The van der Waals surface area contributed by atoms with Gasteiger partial charge in [-0.1, -0.05) is 61.4 Å². The fourth-order valence-corrected chi connectivity index (χ4v) is 4.89. The van der Waals surface area contributed by atoms with Crippen molar-refractivity contribution in [2.24, 2.45) is 5.92 Å². The zero-order valence-electron chi connectivity index (χ0n) is 18.3. The van der Waals surface area contributed by atoms with Crippen LogP contribution < -0.4 is 10.8 Å². The average molecular weight is 453 g/mol. The van der Waals surface area contributed by atoms with E-state index in [2.05, 4.69) is 39.9 Å². The minimum absolute atomic E-state index is 0.0116. The lowest BCUT2D eigenvalue weighted by Crippen LogP contribution is -2.44. The molecule has 33 heavy (non-hydrogen) atoms. The van der Waals surface area contributed by atoms with Gasteiger partial charge in [-0.2, -0.15) is 0 Å². The first-order chi connectivity index (χ1) is 16.0. The van der Waals surface area contributed by atoms with Gasteiger partial charge < -0.3 is 15.2 Å². The summed E-state index contributed by atoms with van der Waals surface area (Å²) in [6.07, 6.45) is 3.14. The summed E-state index contributed by atoms with van der Waals surface area (Å²) in [6.45, 7) is -0.363. The molecule has 0 spiro atoms. The van der Waals surface area contributed by atoms with Gasteiger partial charge in [-0.15, -0.1) is 0 Å². The Hall–Kier alpha value is -3.39.